The standard InChI is InChI=1S/C22H48N.C7H8O3S/c1-5-9-10-11-12-13-14-15-16-17-18-19-20-21-22-23(6-2,7-3)8-4;1-6-2-4-7(5-3-6)11(8,9)10/h5-22H2,1-4H3;2-5H,1H3,(H,8,9,10)/q+1;/p-1. The molecule has 0 N–H and O–H groups in total. The fourth-order valence-corrected chi connectivity index (χ4v) is 4.96. The van der Waals surface area contributed by atoms with E-state index in [4.69, 9.17) is 0 Å². The summed E-state index contributed by atoms with van der Waals surface area (Å²) in [4.78, 5) is -0.178. The van der Waals surface area contributed by atoms with Gasteiger partial charge in [-0.25, -0.2) is 8.42 Å². The lowest BCUT2D eigenvalue weighted by atomic mass is 10.0. The van der Waals surface area contributed by atoms with Crippen LogP contribution in [0.3, 0.4) is 0 Å². The number of rotatable bonds is 19. The maximum absolute atomic E-state index is 10.4. The lowest BCUT2D eigenvalue weighted by Gasteiger charge is -2.35. The van der Waals surface area contributed by atoms with Crippen LogP contribution in [0.5, 0.6) is 0 Å². The van der Waals surface area contributed by atoms with Crippen LogP contribution in [0, 0.1) is 6.92 Å². The van der Waals surface area contributed by atoms with Crippen molar-refractivity contribution in [2.75, 3.05) is 26.2 Å². The molecule has 1 rings (SSSR count). The first-order valence-corrected chi connectivity index (χ1v) is 15.5. The molecular formula is C29H55NO3S. The molecule has 0 heterocycles. The van der Waals surface area contributed by atoms with E-state index in [1.807, 2.05) is 6.92 Å². The Balaban J connectivity index is 0.000000818. The van der Waals surface area contributed by atoms with Crippen molar-refractivity contribution in [1.82, 2.24) is 0 Å². The Morgan fingerprint density at radius 3 is 1.29 bits per heavy atom. The summed E-state index contributed by atoms with van der Waals surface area (Å²) >= 11 is 0. The second-order valence-electron chi connectivity index (χ2n) is 9.88. The molecule has 0 aliphatic carbocycles. The van der Waals surface area contributed by atoms with E-state index < -0.39 is 10.1 Å². The SMILES string of the molecule is CCCCCCCCCCCCCCCC[N+](CC)(CC)CC.Cc1ccc(S(=O)(=O)[O-])cc1. The van der Waals surface area contributed by atoms with Crippen LogP contribution in [0.25, 0.3) is 0 Å². The topological polar surface area (TPSA) is 57.2 Å². The van der Waals surface area contributed by atoms with Crippen LogP contribution in [0.4, 0.5) is 0 Å². The molecule has 0 amide bonds. The third kappa shape index (κ3) is 16.7. The minimum atomic E-state index is -4.27. The summed E-state index contributed by atoms with van der Waals surface area (Å²) in [6.07, 6.45) is 20.5. The van der Waals surface area contributed by atoms with E-state index in [2.05, 4.69) is 27.7 Å². The first kappa shape index (κ1) is 33.1. The van der Waals surface area contributed by atoms with Gasteiger partial charge in [-0.15, -0.1) is 0 Å². The van der Waals surface area contributed by atoms with Gasteiger partial charge >= 0.3 is 0 Å². The van der Waals surface area contributed by atoms with Gasteiger partial charge in [0.25, 0.3) is 0 Å². The molecule has 0 radical (unpaired) electrons. The van der Waals surface area contributed by atoms with Gasteiger partial charge in [0.15, 0.2) is 0 Å². The predicted octanol–water partition coefficient (Wildman–Crippen LogP) is 8.24. The van der Waals surface area contributed by atoms with Gasteiger partial charge in [-0.2, -0.15) is 0 Å². The Morgan fingerprint density at radius 1 is 0.618 bits per heavy atom. The van der Waals surface area contributed by atoms with E-state index in [9.17, 15) is 13.0 Å². The van der Waals surface area contributed by atoms with Gasteiger partial charge in [0, 0.05) is 0 Å². The van der Waals surface area contributed by atoms with Gasteiger partial charge in [-0.1, -0.05) is 102 Å². The van der Waals surface area contributed by atoms with E-state index in [1.165, 1.54) is 133 Å². The molecule has 0 aliphatic heterocycles. The van der Waals surface area contributed by atoms with Crippen LogP contribution in [0.1, 0.15) is 123 Å². The van der Waals surface area contributed by atoms with E-state index in [0.717, 1.165) is 5.56 Å². The molecule has 0 bridgehead atoms. The zero-order chi connectivity index (χ0) is 25.7. The van der Waals surface area contributed by atoms with E-state index in [-0.39, 0.29) is 4.90 Å². The molecule has 0 aromatic heterocycles. The van der Waals surface area contributed by atoms with Crippen molar-refractivity contribution in [3.05, 3.63) is 29.8 Å². The molecule has 0 atom stereocenters. The minimum absolute atomic E-state index is 0.178. The summed E-state index contributed by atoms with van der Waals surface area (Å²) < 4.78 is 32.5. The van der Waals surface area contributed by atoms with Crippen LogP contribution in [-0.2, 0) is 10.1 Å². The molecule has 1 aromatic rings. The lowest BCUT2D eigenvalue weighted by molar-refractivity contribution is -0.923. The van der Waals surface area contributed by atoms with Crippen molar-refractivity contribution in [2.45, 2.75) is 129 Å². The highest BCUT2D eigenvalue weighted by Gasteiger charge is 2.19. The van der Waals surface area contributed by atoms with Gasteiger partial charge < -0.3 is 9.04 Å². The lowest BCUT2D eigenvalue weighted by Crippen LogP contribution is -2.48. The van der Waals surface area contributed by atoms with Gasteiger partial charge in [0.2, 0.25) is 0 Å². The number of nitrogens with zero attached hydrogens (tertiary/aromatic N) is 1. The second-order valence-corrected chi connectivity index (χ2v) is 11.3. The molecule has 1 aromatic carbocycles. The molecule has 0 fully saturated rings. The highest BCUT2D eigenvalue weighted by atomic mass is 32.2. The van der Waals surface area contributed by atoms with Crippen LogP contribution in [0.2, 0.25) is 0 Å². The second kappa shape index (κ2) is 20.3. The first-order chi connectivity index (χ1) is 16.2. The number of unbranched alkanes of at least 4 members (excludes halogenated alkanes) is 13. The van der Waals surface area contributed by atoms with Gasteiger partial charge in [-0.05, 0) is 52.7 Å². The maximum atomic E-state index is 10.4. The predicted molar refractivity (Wildman–Crippen MR) is 146 cm³/mol. The highest BCUT2D eigenvalue weighted by Crippen LogP contribution is 2.14. The summed E-state index contributed by atoms with van der Waals surface area (Å²) in [5.74, 6) is 0. The zero-order valence-electron chi connectivity index (χ0n) is 23.1. The Morgan fingerprint density at radius 2 is 0.971 bits per heavy atom. The molecule has 4 nitrogen and oxygen atoms in total. The number of quaternary nitrogens is 1. The highest BCUT2D eigenvalue weighted by molar-refractivity contribution is 7.85. The first-order valence-electron chi connectivity index (χ1n) is 14.1. The fraction of sp³-hybridized carbons (Fsp3) is 0.793. The third-order valence-corrected chi connectivity index (χ3v) is 8.16. The van der Waals surface area contributed by atoms with E-state index >= 15 is 0 Å². The number of hydrogen-bond acceptors (Lipinski definition) is 3. The zero-order valence-corrected chi connectivity index (χ0v) is 23.9. The molecule has 200 valence electrons. The van der Waals surface area contributed by atoms with Gasteiger partial charge in [-0.3, -0.25) is 0 Å². The summed E-state index contributed by atoms with van der Waals surface area (Å²) in [6, 6.07) is 5.78. The summed E-state index contributed by atoms with van der Waals surface area (Å²) in [7, 11) is -4.27. The Labute approximate surface area is 212 Å². The normalized spacial score (nSPS) is 11.8. The van der Waals surface area contributed by atoms with Crippen molar-refractivity contribution in [1.29, 1.82) is 0 Å². The van der Waals surface area contributed by atoms with Crippen molar-refractivity contribution in [3.8, 4) is 0 Å². The van der Waals surface area contributed by atoms with Crippen molar-refractivity contribution >= 4 is 10.1 Å². The Hall–Kier alpha value is -0.910. The molecular weight excluding hydrogens is 442 g/mol. The number of aryl methyl sites for hydroxylation is 1. The van der Waals surface area contributed by atoms with E-state index in [0.29, 0.717) is 0 Å². The Kier molecular flexibility index (Phi) is 19.8. The summed E-state index contributed by atoms with van der Waals surface area (Å²) in [6.45, 7) is 16.5. The molecule has 0 saturated carbocycles. The van der Waals surface area contributed by atoms with Crippen LogP contribution in [-0.4, -0.2) is 43.6 Å². The monoisotopic (exact) mass is 497 g/mol. The molecule has 0 spiro atoms. The molecule has 0 unspecified atom stereocenters. The van der Waals surface area contributed by atoms with Crippen LogP contribution >= 0.6 is 0 Å². The molecule has 5 heteroatoms. The molecule has 0 aliphatic rings. The molecule has 0 saturated heterocycles. The van der Waals surface area contributed by atoms with Crippen molar-refractivity contribution in [3.63, 3.8) is 0 Å². The summed E-state index contributed by atoms with van der Waals surface area (Å²) in [5, 5.41) is 0. The van der Waals surface area contributed by atoms with Crippen molar-refractivity contribution < 1.29 is 17.5 Å². The number of benzene rings is 1. The smallest absolute Gasteiger partial charge is 0.124 e. The average Bonchev–Trinajstić information content (AvgIpc) is 2.82. The average molecular weight is 498 g/mol. The largest absolute Gasteiger partial charge is 0.744 e. The van der Waals surface area contributed by atoms with Gasteiger partial charge in [0.05, 0.1) is 31.1 Å². The number of hydrogen-bond donors (Lipinski definition) is 0. The van der Waals surface area contributed by atoms with Crippen LogP contribution < -0.4 is 0 Å². The van der Waals surface area contributed by atoms with E-state index in [1.54, 1.807) is 12.1 Å². The molecule has 34 heavy (non-hydrogen) atoms. The fourth-order valence-electron chi connectivity index (χ4n) is 4.49. The Bertz CT molecular complexity index is 674. The van der Waals surface area contributed by atoms with Crippen LogP contribution in [0.15, 0.2) is 29.2 Å². The van der Waals surface area contributed by atoms with Gasteiger partial charge in [0.1, 0.15) is 10.1 Å². The third-order valence-electron chi connectivity index (χ3n) is 7.31. The van der Waals surface area contributed by atoms with Crippen molar-refractivity contribution in [2.24, 2.45) is 0 Å². The quantitative estimate of drug-likeness (QED) is 0.110. The minimum Gasteiger partial charge on any atom is -0.744 e. The maximum Gasteiger partial charge on any atom is 0.124 e. The summed E-state index contributed by atoms with van der Waals surface area (Å²) in [5.41, 5.74) is 0.928.